The molecule has 2 aromatic carbocycles. The highest BCUT2D eigenvalue weighted by atomic mass is 16.4. The lowest BCUT2D eigenvalue weighted by Gasteiger charge is -2.39. The number of rotatable bonds is 5. The van der Waals surface area contributed by atoms with Crippen molar-refractivity contribution in [3.05, 3.63) is 70.9 Å². The van der Waals surface area contributed by atoms with Crippen LogP contribution in [0.1, 0.15) is 67.8 Å². The number of H-pyrrole nitrogens is 1. The molecule has 0 spiro atoms. The number of carboxylic acid groups (broad SMARTS) is 1. The van der Waals surface area contributed by atoms with Gasteiger partial charge < -0.3 is 10.1 Å². The molecule has 3 nitrogen and oxygen atoms in total. The average molecular weight is 361 g/mol. The van der Waals surface area contributed by atoms with Gasteiger partial charge >= 0.3 is 5.97 Å². The molecule has 1 aliphatic rings. The van der Waals surface area contributed by atoms with Crippen molar-refractivity contribution in [3.8, 4) is 0 Å². The van der Waals surface area contributed by atoms with Crippen LogP contribution in [0.5, 0.6) is 0 Å². The van der Waals surface area contributed by atoms with Crippen molar-refractivity contribution in [2.75, 3.05) is 0 Å². The molecule has 0 saturated heterocycles. The van der Waals surface area contributed by atoms with Crippen LogP contribution < -0.4 is 0 Å². The fourth-order valence-electron chi connectivity index (χ4n) is 5.03. The van der Waals surface area contributed by atoms with Gasteiger partial charge in [0.15, 0.2) is 0 Å². The number of aromatic nitrogens is 1. The summed E-state index contributed by atoms with van der Waals surface area (Å²) in [5.41, 5.74) is 5.98. The highest BCUT2D eigenvalue weighted by Gasteiger charge is 2.43. The predicted molar refractivity (Wildman–Crippen MR) is 109 cm³/mol. The van der Waals surface area contributed by atoms with Crippen LogP contribution in [-0.4, -0.2) is 16.1 Å². The fourth-order valence-corrected chi connectivity index (χ4v) is 5.03. The Kier molecular flexibility index (Phi) is 4.55. The fraction of sp³-hybridized carbons (Fsp3) is 0.375. The van der Waals surface area contributed by atoms with E-state index in [1.54, 1.807) is 0 Å². The summed E-state index contributed by atoms with van der Waals surface area (Å²) in [5, 5.41) is 10.9. The first kappa shape index (κ1) is 17.8. The highest BCUT2D eigenvalue weighted by Crippen LogP contribution is 2.51. The Morgan fingerprint density at radius 2 is 1.93 bits per heavy atom. The van der Waals surface area contributed by atoms with Crippen LogP contribution in [0.2, 0.25) is 0 Å². The summed E-state index contributed by atoms with van der Waals surface area (Å²) in [6.07, 6.45) is 3.87. The van der Waals surface area contributed by atoms with Crippen LogP contribution in [0.25, 0.3) is 10.9 Å². The van der Waals surface area contributed by atoms with E-state index in [-0.39, 0.29) is 11.8 Å². The van der Waals surface area contributed by atoms with Gasteiger partial charge in [0, 0.05) is 27.9 Å². The van der Waals surface area contributed by atoms with E-state index in [1.807, 2.05) is 0 Å². The molecule has 2 N–H and O–H groups in total. The van der Waals surface area contributed by atoms with Crippen LogP contribution in [0.15, 0.2) is 48.5 Å². The molecule has 2 atom stereocenters. The van der Waals surface area contributed by atoms with Crippen molar-refractivity contribution in [1.29, 1.82) is 0 Å². The summed E-state index contributed by atoms with van der Waals surface area (Å²) < 4.78 is 0. The SMILES string of the molecule is CCc1cccc2c3c([nH]c12)C(CC)(CC(=O)O)CCC3c1ccccc1. The van der Waals surface area contributed by atoms with Gasteiger partial charge in [-0.2, -0.15) is 0 Å². The minimum atomic E-state index is -0.713. The molecule has 3 aromatic rings. The van der Waals surface area contributed by atoms with Crippen molar-refractivity contribution >= 4 is 16.9 Å². The monoisotopic (exact) mass is 361 g/mol. The number of nitrogens with one attached hydrogen (secondary N) is 1. The van der Waals surface area contributed by atoms with Gasteiger partial charge in [0.05, 0.1) is 6.42 Å². The summed E-state index contributed by atoms with van der Waals surface area (Å²) in [7, 11) is 0. The Labute approximate surface area is 160 Å². The van der Waals surface area contributed by atoms with Gasteiger partial charge in [0.2, 0.25) is 0 Å². The van der Waals surface area contributed by atoms with E-state index in [1.165, 1.54) is 27.6 Å². The van der Waals surface area contributed by atoms with Crippen LogP contribution in [0.3, 0.4) is 0 Å². The third-order valence-corrected chi connectivity index (χ3v) is 6.50. The van der Waals surface area contributed by atoms with Gasteiger partial charge in [-0.1, -0.05) is 62.4 Å². The van der Waals surface area contributed by atoms with E-state index >= 15 is 0 Å². The van der Waals surface area contributed by atoms with E-state index in [0.717, 1.165) is 31.4 Å². The molecule has 0 aliphatic heterocycles. The predicted octanol–water partition coefficient (Wildman–Crippen LogP) is 5.78. The molecule has 0 radical (unpaired) electrons. The summed E-state index contributed by atoms with van der Waals surface area (Å²) in [4.78, 5) is 15.4. The number of fused-ring (bicyclic) bond motifs is 3. The van der Waals surface area contributed by atoms with Gasteiger partial charge in [-0.3, -0.25) is 4.79 Å². The first-order valence-corrected chi connectivity index (χ1v) is 10.0. The van der Waals surface area contributed by atoms with E-state index in [2.05, 4.69) is 67.4 Å². The first-order valence-electron chi connectivity index (χ1n) is 10.0. The Balaban J connectivity index is 2.00. The zero-order valence-electron chi connectivity index (χ0n) is 16.1. The second kappa shape index (κ2) is 6.88. The molecule has 0 fully saturated rings. The topological polar surface area (TPSA) is 53.1 Å². The molecule has 1 aromatic heterocycles. The van der Waals surface area contributed by atoms with Crippen molar-refractivity contribution in [1.82, 2.24) is 4.98 Å². The van der Waals surface area contributed by atoms with Crippen LogP contribution in [0.4, 0.5) is 0 Å². The number of benzene rings is 2. The van der Waals surface area contributed by atoms with Gasteiger partial charge in [-0.15, -0.1) is 0 Å². The summed E-state index contributed by atoms with van der Waals surface area (Å²) in [6.45, 7) is 4.30. The number of aryl methyl sites for hydroxylation is 1. The van der Waals surface area contributed by atoms with Crippen molar-refractivity contribution in [3.63, 3.8) is 0 Å². The molecule has 2 unspecified atom stereocenters. The number of hydrogen-bond acceptors (Lipinski definition) is 1. The Morgan fingerprint density at radius 3 is 2.59 bits per heavy atom. The molecule has 140 valence electrons. The molecular formula is C24H27NO2. The molecule has 4 rings (SSSR count). The molecule has 3 heteroatoms. The quantitative estimate of drug-likeness (QED) is 0.605. The molecule has 0 saturated carbocycles. The lowest BCUT2D eigenvalue weighted by atomic mass is 9.65. The highest BCUT2D eigenvalue weighted by molar-refractivity contribution is 5.89. The number of carboxylic acids is 1. The van der Waals surface area contributed by atoms with Gasteiger partial charge in [-0.05, 0) is 42.4 Å². The van der Waals surface area contributed by atoms with Crippen LogP contribution in [-0.2, 0) is 16.6 Å². The Bertz CT molecular complexity index is 973. The van der Waals surface area contributed by atoms with Crippen molar-refractivity contribution in [2.24, 2.45) is 0 Å². The maximum Gasteiger partial charge on any atom is 0.304 e. The average Bonchev–Trinajstić information content (AvgIpc) is 3.09. The number of aliphatic carboxylic acids is 1. The zero-order chi connectivity index (χ0) is 19.0. The normalized spacial score (nSPS) is 21.9. The molecular weight excluding hydrogens is 334 g/mol. The lowest BCUT2D eigenvalue weighted by Crippen LogP contribution is -2.34. The van der Waals surface area contributed by atoms with E-state index in [0.29, 0.717) is 5.92 Å². The molecule has 0 amide bonds. The van der Waals surface area contributed by atoms with E-state index < -0.39 is 5.97 Å². The molecule has 0 bridgehead atoms. The minimum absolute atomic E-state index is 0.187. The Morgan fingerprint density at radius 1 is 1.15 bits per heavy atom. The number of carbonyl (C=O) groups is 1. The zero-order valence-corrected chi connectivity index (χ0v) is 16.1. The van der Waals surface area contributed by atoms with Crippen LogP contribution in [0, 0.1) is 0 Å². The smallest absolute Gasteiger partial charge is 0.304 e. The van der Waals surface area contributed by atoms with Gasteiger partial charge in [0.1, 0.15) is 0 Å². The lowest BCUT2D eigenvalue weighted by molar-refractivity contribution is -0.138. The third-order valence-electron chi connectivity index (χ3n) is 6.50. The van der Waals surface area contributed by atoms with E-state index in [4.69, 9.17) is 0 Å². The second-order valence-electron chi connectivity index (χ2n) is 7.81. The maximum absolute atomic E-state index is 11.7. The minimum Gasteiger partial charge on any atom is -0.481 e. The number of aromatic amines is 1. The molecule has 27 heavy (non-hydrogen) atoms. The number of hydrogen-bond donors (Lipinski definition) is 2. The van der Waals surface area contributed by atoms with Gasteiger partial charge in [-0.25, -0.2) is 0 Å². The second-order valence-corrected chi connectivity index (χ2v) is 7.81. The standard InChI is InChI=1S/C24H27NO2/c1-3-16-11-8-12-19-21-18(17-9-6-5-7-10-17)13-14-24(4-2,15-20(26)27)23(21)25-22(16)19/h5-12,18,25H,3-4,13-15H2,1-2H3,(H,26,27). The van der Waals surface area contributed by atoms with Gasteiger partial charge in [0.25, 0.3) is 0 Å². The van der Waals surface area contributed by atoms with Crippen molar-refractivity contribution < 1.29 is 9.90 Å². The number of para-hydroxylation sites is 1. The van der Waals surface area contributed by atoms with E-state index in [9.17, 15) is 9.90 Å². The molecule has 1 heterocycles. The van der Waals surface area contributed by atoms with Crippen molar-refractivity contribution in [2.45, 2.75) is 57.3 Å². The van der Waals surface area contributed by atoms with Crippen LogP contribution >= 0.6 is 0 Å². The largest absolute Gasteiger partial charge is 0.481 e. The summed E-state index contributed by atoms with van der Waals surface area (Å²) in [5.74, 6) is -0.397. The Hall–Kier alpha value is -2.55. The molecule has 1 aliphatic carbocycles. The third kappa shape index (κ3) is 2.86. The summed E-state index contributed by atoms with van der Waals surface area (Å²) in [6, 6.07) is 17.2. The first-order chi connectivity index (χ1) is 13.1. The summed E-state index contributed by atoms with van der Waals surface area (Å²) >= 11 is 0. The maximum atomic E-state index is 11.7.